The Morgan fingerprint density at radius 2 is 1.31 bits per heavy atom. The van der Waals surface area contributed by atoms with Gasteiger partial charge in [0.15, 0.2) is 0 Å². The molecule has 29 heavy (non-hydrogen) atoms. The number of thiazole rings is 1. The van der Waals surface area contributed by atoms with Crippen LogP contribution in [0.3, 0.4) is 0 Å². The molecule has 1 aromatic heterocycles. The summed E-state index contributed by atoms with van der Waals surface area (Å²) in [6.45, 7) is 4.02. The number of carbonyl (C=O) groups is 2. The summed E-state index contributed by atoms with van der Waals surface area (Å²) < 4.78 is 1.14. The van der Waals surface area contributed by atoms with Crippen molar-refractivity contribution in [1.82, 2.24) is 4.98 Å². The number of nitrogens with zero attached hydrogens (tertiary/aromatic N) is 1. The molecule has 6 heteroatoms. The molecule has 0 bridgehead atoms. The van der Waals surface area contributed by atoms with Gasteiger partial charge in [0.25, 0.3) is 0 Å². The van der Waals surface area contributed by atoms with Crippen molar-refractivity contribution in [2.45, 2.75) is 13.8 Å². The molecule has 2 amide bonds. The molecule has 0 radical (unpaired) electrons. The lowest BCUT2D eigenvalue weighted by molar-refractivity contribution is -0.132. The Hall–Kier alpha value is -3.51. The Morgan fingerprint density at radius 1 is 0.759 bits per heavy atom. The Bertz CT molecular complexity index is 1200. The summed E-state index contributed by atoms with van der Waals surface area (Å²) in [5.41, 5.74) is 5.35. The Morgan fingerprint density at radius 3 is 1.93 bits per heavy atom. The largest absolute Gasteiger partial charge is 0.318 e. The van der Waals surface area contributed by atoms with E-state index in [0.717, 1.165) is 26.4 Å². The lowest BCUT2D eigenvalue weighted by Gasteiger charge is -2.07. The van der Waals surface area contributed by atoms with E-state index < -0.39 is 11.8 Å². The van der Waals surface area contributed by atoms with Crippen molar-refractivity contribution < 1.29 is 9.59 Å². The minimum absolute atomic E-state index is 0.551. The minimum Gasteiger partial charge on any atom is -0.318 e. The fraction of sp³-hybridized carbons (Fsp3) is 0.0870. The zero-order valence-electron chi connectivity index (χ0n) is 16.0. The van der Waals surface area contributed by atoms with Gasteiger partial charge in [-0.2, -0.15) is 0 Å². The standard InChI is InChI=1S/C23H19N3O2S/c1-14-3-8-17(9-4-14)24-21(27)22(28)25-18-10-6-16(7-11-18)23-26-19-12-5-15(2)13-20(19)29-23/h3-13H,1-2H3,(H,24,27)(H,25,28). The van der Waals surface area contributed by atoms with Crippen LogP contribution in [0, 0.1) is 13.8 Å². The third-order valence-corrected chi connectivity index (χ3v) is 5.52. The first-order valence-electron chi connectivity index (χ1n) is 9.14. The molecule has 0 aliphatic carbocycles. The van der Waals surface area contributed by atoms with Gasteiger partial charge in [-0.3, -0.25) is 9.59 Å². The van der Waals surface area contributed by atoms with Gasteiger partial charge in [-0.25, -0.2) is 4.98 Å². The molecule has 3 aromatic carbocycles. The topological polar surface area (TPSA) is 71.1 Å². The Labute approximate surface area is 172 Å². The van der Waals surface area contributed by atoms with Gasteiger partial charge in [0.05, 0.1) is 10.2 Å². The summed E-state index contributed by atoms with van der Waals surface area (Å²) in [5.74, 6) is -1.42. The number of hydrogen-bond donors (Lipinski definition) is 2. The first kappa shape index (κ1) is 18.8. The van der Waals surface area contributed by atoms with E-state index in [0.29, 0.717) is 11.4 Å². The Balaban J connectivity index is 1.43. The van der Waals surface area contributed by atoms with Gasteiger partial charge >= 0.3 is 11.8 Å². The van der Waals surface area contributed by atoms with Crippen LogP contribution in [0.4, 0.5) is 11.4 Å². The molecule has 144 valence electrons. The molecule has 1 heterocycles. The fourth-order valence-corrected chi connectivity index (χ4v) is 3.93. The average Bonchev–Trinajstić information content (AvgIpc) is 3.13. The highest BCUT2D eigenvalue weighted by Gasteiger charge is 2.14. The number of nitrogens with one attached hydrogen (secondary N) is 2. The number of rotatable bonds is 3. The molecule has 4 aromatic rings. The molecule has 0 unspecified atom stereocenters. The van der Waals surface area contributed by atoms with E-state index in [2.05, 4.69) is 28.6 Å². The highest BCUT2D eigenvalue weighted by atomic mass is 32.1. The predicted octanol–water partition coefficient (Wildman–Crippen LogP) is 5.16. The normalized spacial score (nSPS) is 10.7. The molecule has 0 spiro atoms. The molecule has 0 saturated heterocycles. The summed E-state index contributed by atoms with van der Waals surface area (Å²) in [4.78, 5) is 28.9. The smallest absolute Gasteiger partial charge is 0.314 e. The van der Waals surface area contributed by atoms with E-state index in [1.807, 2.05) is 43.3 Å². The number of anilines is 2. The number of aryl methyl sites for hydroxylation is 2. The summed E-state index contributed by atoms with van der Waals surface area (Å²) >= 11 is 1.63. The van der Waals surface area contributed by atoms with Gasteiger partial charge in [-0.15, -0.1) is 11.3 Å². The number of aromatic nitrogens is 1. The van der Waals surface area contributed by atoms with Gasteiger partial charge in [0.1, 0.15) is 5.01 Å². The summed E-state index contributed by atoms with van der Waals surface area (Å²) in [5, 5.41) is 6.12. The molecule has 0 aliphatic rings. The molecule has 4 rings (SSSR count). The van der Waals surface area contributed by atoms with Crippen LogP contribution in [0.25, 0.3) is 20.8 Å². The number of hydrogen-bond acceptors (Lipinski definition) is 4. The van der Waals surface area contributed by atoms with Crippen molar-refractivity contribution in [3.05, 3.63) is 77.9 Å². The van der Waals surface area contributed by atoms with Gasteiger partial charge < -0.3 is 10.6 Å². The van der Waals surface area contributed by atoms with E-state index in [1.165, 1.54) is 5.56 Å². The SMILES string of the molecule is Cc1ccc(NC(=O)C(=O)Nc2ccc(-c3nc4ccc(C)cc4s3)cc2)cc1. The van der Waals surface area contributed by atoms with Crippen molar-refractivity contribution in [2.24, 2.45) is 0 Å². The van der Waals surface area contributed by atoms with E-state index in [4.69, 9.17) is 0 Å². The van der Waals surface area contributed by atoms with Crippen molar-refractivity contribution in [3.63, 3.8) is 0 Å². The molecular weight excluding hydrogens is 382 g/mol. The van der Waals surface area contributed by atoms with Crippen LogP contribution in [0.1, 0.15) is 11.1 Å². The highest BCUT2D eigenvalue weighted by Crippen LogP contribution is 2.31. The highest BCUT2D eigenvalue weighted by molar-refractivity contribution is 7.21. The number of fused-ring (bicyclic) bond motifs is 1. The zero-order chi connectivity index (χ0) is 20.4. The molecule has 0 aliphatic heterocycles. The van der Waals surface area contributed by atoms with Crippen LogP contribution in [0.15, 0.2) is 66.7 Å². The third-order valence-electron chi connectivity index (χ3n) is 4.45. The number of amides is 2. The third kappa shape index (κ3) is 4.33. The molecule has 0 saturated carbocycles. The second kappa shape index (κ2) is 7.85. The van der Waals surface area contributed by atoms with Crippen molar-refractivity contribution >= 4 is 44.7 Å². The van der Waals surface area contributed by atoms with Crippen LogP contribution in [0.5, 0.6) is 0 Å². The average molecular weight is 401 g/mol. The zero-order valence-corrected chi connectivity index (χ0v) is 16.8. The summed E-state index contributed by atoms with van der Waals surface area (Å²) in [6.07, 6.45) is 0. The van der Waals surface area contributed by atoms with Gasteiger partial charge in [0.2, 0.25) is 0 Å². The van der Waals surface area contributed by atoms with Gasteiger partial charge in [-0.1, -0.05) is 23.8 Å². The molecule has 2 N–H and O–H groups in total. The molecule has 0 fully saturated rings. The monoisotopic (exact) mass is 401 g/mol. The first-order valence-corrected chi connectivity index (χ1v) is 9.96. The number of carbonyl (C=O) groups excluding carboxylic acids is 2. The molecule has 0 atom stereocenters. The lowest BCUT2D eigenvalue weighted by Crippen LogP contribution is -2.29. The molecular formula is C23H19N3O2S. The van der Waals surface area contributed by atoms with Crippen LogP contribution < -0.4 is 10.6 Å². The fourth-order valence-electron chi connectivity index (χ4n) is 2.86. The quantitative estimate of drug-likeness (QED) is 0.466. The second-order valence-electron chi connectivity index (χ2n) is 6.84. The maximum atomic E-state index is 12.2. The van der Waals surface area contributed by atoms with E-state index >= 15 is 0 Å². The maximum absolute atomic E-state index is 12.2. The van der Waals surface area contributed by atoms with E-state index in [1.54, 1.807) is 35.6 Å². The summed E-state index contributed by atoms with van der Waals surface area (Å²) in [7, 11) is 0. The van der Waals surface area contributed by atoms with Crippen LogP contribution in [0.2, 0.25) is 0 Å². The second-order valence-corrected chi connectivity index (χ2v) is 7.87. The van der Waals surface area contributed by atoms with Gasteiger partial charge in [-0.05, 0) is 67.9 Å². The van der Waals surface area contributed by atoms with E-state index in [9.17, 15) is 9.59 Å². The molecule has 5 nitrogen and oxygen atoms in total. The predicted molar refractivity (Wildman–Crippen MR) is 118 cm³/mol. The Kier molecular flexibility index (Phi) is 5.10. The van der Waals surface area contributed by atoms with Crippen LogP contribution >= 0.6 is 11.3 Å². The van der Waals surface area contributed by atoms with Crippen molar-refractivity contribution in [3.8, 4) is 10.6 Å². The lowest BCUT2D eigenvalue weighted by atomic mass is 10.2. The first-order chi connectivity index (χ1) is 14.0. The summed E-state index contributed by atoms with van der Waals surface area (Å²) in [6, 6.07) is 20.8. The van der Waals surface area contributed by atoms with Gasteiger partial charge in [0, 0.05) is 16.9 Å². The van der Waals surface area contributed by atoms with Crippen molar-refractivity contribution in [2.75, 3.05) is 10.6 Å². The number of benzene rings is 3. The van der Waals surface area contributed by atoms with Crippen LogP contribution in [-0.4, -0.2) is 16.8 Å². The maximum Gasteiger partial charge on any atom is 0.314 e. The van der Waals surface area contributed by atoms with Crippen LogP contribution in [-0.2, 0) is 9.59 Å². The van der Waals surface area contributed by atoms with Crippen molar-refractivity contribution in [1.29, 1.82) is 0 Å². The van der Waals surface area contributed by atoms with E-state index in [-0.39, 0.29) is 0 Å². The minimum atomic E-state index is -0.714.